The number of nitrogens with zero attached hydrogens (tertiary/aromatic N) is 3. The molecule has 1 atom stereocenters. The molecule has 2 aromatic heterocycles. The quantitative estimate of drug-likeness (QED) is 0.557. The fourth-order valence-corrected chi connectivity index (χ4v) is 5.55. The summed E-state index contributed by atoms with van der Waals surface area (Å²) in [5.41, 5.74) is 8.91. The topological polar surface area (TPSA) is 139 Å². The van der Waals surface area contributed by atoms with Gasteiger partial charge in [0.05, 0.1) is 16.2 Å². The number of H-pyrrole nitrogens is 1. The number of hydrogen-bond donors (Lipinski definition) is 2. The first-order valence-corrected chi connectivity index (χ1v) is 12.9. The highest BCUT2D eigenvalue weighted by Crippen LogP contribution is 2.41. The van der Waals surface area contributed by atoms with E-state index in [9.17, 15) is 18.0 Å². The summed E-state index contributed by atoms with van der Waals surface area (Å²) in [6, 6.07) is 7.04. The molecular formula is C24H25N5O4S. The summed E-state index contributed by atoms with van der Waals surface area (Å²) in [4.78, 5) is 38.2. The number of fused-ring (bicyclic) bond motifs is 1. The van der Waals surface area contributed by atoms with Crippen LogP contribution in [0.3, 0.4) is 0 Å². The van der Waals surface area contributed by atoms with E-state index in [0.717, 1.165) is 19.1 Å². The molecule has 1 aliphatic heterocycles. The Morgan fingerprint density at radius 3 is 2.59 bits per heavy atom. The van der Waals surface area contributed by atoms with E-state index in [0.29, 0.717) is 46.4 Å². The number of amides is 2. The predicted molar refractivity (Wildman–Crippen MR) is 126 cm³/mol. The average Bonchev–Trinajstić information content (AvgIpc) is 3.48. The fraction of sp³-hybridized carbons (Fsp3) is 0.333. The number of hydrogen-bond acceptors (Lipinski definition) is 6. The van der Waals surface area contributed by atoms with Gasteiger partial charge >= 0.3 is 0 Å². The third-order valence-electron chi connectivity index (χ3n) is 6.66. The Labute approximate surface area is 197 Å². The standard InChI is InChI=1S/C24H25N5O4S/c1-12-21(22(25)30)28-23(27-12)18-9-15(6-7-26-18)16-8-17-11-29(13(2)14-4-5-14)24(31)20(17)19(10-16)34(3,32)33/h6-10,13-14H,4-5,11H2,1-3H3,(H2,25,30)(H,27,28). The summed E-state index contributed by atoms with van der Waals surface area (Å²) in [5, 5.41) is 0. The maximum Gasteiger partial charge on any atom is 0.267 e. The van der Waals surface area contributed by atoms with Crippen molar-refractivity contribution in [3.8, 4) is 22.6 Å². The largest absolute Gasteiger partial charge is 0.364 e. The molecule has 3 aromatic rings. The molecule has 176 valence electrons. The normalized spacial score (nSPS) is 16.6. The highest BCUT2D eigenvalue weighted by molar-refractivity contribution is 7.90. The first kappa shape index (κ1) is 22.3. The van der Waals surface area contributed by atoms with Crippen LogP contribution in [0.2, 0.25) is 0 Å². The Bertz CT molecular complexity index is 1460. The number of nitrogens with two attached hydrogens (primary N) is 1. The van der Waals surface area contributed by atoms with Crippen molar-refractivity contribution in [3.63, 3.8) is 0 Å². The van der Waals surface area contributed by atoms with Gasteiger partial charge in [-0.25, -0.2) is 13.4 Å². The van der Waals surface area contributed by atoms with E-state index in [1.54, 1.807) is 36.2 Å². The molecule has 1 fully saturated rings. The molecule has 9 nitrogen and oxygen atoms in total. The molecule has 3 N–H and O–H groups in total. The molecule has 2 aliphatic rings. The van der Waals surface area contributed by atoms with Gasteiger partial charge in [0.25, 0.3) is 11.8 Å². The zero-order valence-corrected chi connectivity index (χ0v) is 19.9. The van der Waals surface area contributed by atoms with Crippen molar-refractivity contribution in [3.05, 3.63) is 53.0 Å². The van der Waals surface area contributed by atoms with Crippen LogP contribution in [0.25, 0.3) is 22.6 Å². The number of rotatable bonds is 6. The molecule has 1 saturated carbocycles. The fourth-order valence-electron chi connectivity index (χ4n) is 4.62. The highest BCUT2D eigenvalue weighted by atomic mass is 32.2. The zero-order chi connectivity index (χ0) is 24.4. The lowest BCUT2D eigenvalue weighted by Crippen LogP contribution is -2.35. The van der Waals surface area contributed by atoms with Crippen LogP contribution in [0.4, 0.5) is 0 Å². The average molecular weight is 480 g/mol. The second kappa shape index (κ2) is 7.76. The number of aryl methyl sites for hydroxylation is 1. The Kier molecular flexibility index (Phi) is 5.09. The van der Waals surface area contributed by atoms with E-state index in [2.05, 4.69) is 15.0 Å². The van der Waals surface area contributed by atoms with Gasteiger partial charge in [-0.2, -0.15) is 0 Å². The first-order valence-electron chi connectivity index (χ1n) is 11.1. The number of benzene rings is 1. The van der Waals surface area contributed by atoms with E-state index in [-0.39, 0.29) is 28.1 Å². The van der Waals surface area contributed by atoms with E-state index < -0.39 is 15.7 Å². The van der Waals surface area contributed by atoms with Crippen LogP contribution in [-0.4, -0.2) is 52.4 Å². The van der Waals surface area contributed by atoms with Gasteiger partial charge in [0.2, 0.25) is 0 Å². The molecule has 0 radical (unpaired) electrons. The Morgan fingerprint density at radius 1 is 1.24 bits per heavy atom. The number of aromatic nitrogens is 3. The lowest BCUT2D eigenvalue weighted by Gasteiger charge is -2.24. The third kappa shape index (κ3) is 3.77. The Morgan fingerprint density at radius 2 is 1.97 bits per heavy atom. The number of carbonyl (C=O) groups excluding carboxylic acids is 2. The van der Waals surface area contributed by atoms with Crippen molar-refractivity contribution in [1.29, 1.82) is 0 Å². The van der Waals surface area contributed by atoms with Gasteiger partial charge < -0.3 is 15.6 Å². The zero-order valence-electron chi connectivity index (χ0n) is 19.1. The molecule has 34 heavy (non-hydrogen) atoms. The van der Waals surface area contributed by atoms with E-state index in [1.165, 1.54) is 0 Å². The molecule has 1 aromatic carbocycles. The first-order chi connectivity index (χ1) is 16.0. The molecule has 0 spiro atoms. The van der Waals surface area contributed by atoms with Gasteiger partial charge in [0, 0.05) is 25.0 Å². The van der Waals surface area contributed by atoms with Crippen LogP contribution in [-0.2, 0) is 16.4 Å². The summed E-state index contributed by atoms with van der Waals surface area (Å²) in [6.07, 6.45) is 4.90. The Hall–Kier alpha value is -3.53. The second-order valence-electron chi connectivity index (χ2n) is 9.13. The van der Waals surface area contributed by atoms with E-state index >= 15 is 0 Å². The summed E-state index contributed by atoms with van der Waals surface area (Å²) in [7, 11) is -3.65. The molecule has 0 saturated heterocycles. The van der Waals surface area contributed by atoms with Crippen molar-refractivity contribution in [2.24, 2.45) is 11.7 Å². The van der Waals surface area contributed by atoms with Gasteiger partial charge in [-0.3, -0.25) is 14.6 Å². The van der Waals surface area contributed by atoms with Gasteiger partial charge in [-0.05, 0) is 73.6 Å². The van der Waals surface area contributed by atoms with Gasteiger partial charge in [0.1, 0.15) is 11.4 Å². The Balaban J connectivity index is 1.59. The number of pyridine rings is 1. The third-order valence-corrected chi connectivity index (χ3v) is 7.78. The van der Waals surface area contributed by atoms with Crippen molar-refractivity contribution < 1.29 is 18.0 Å². The molecule has 10 heteroatoms. The lowest BCUT2D eigenvalue weighted by molar-refractivity contribution is 0.0694. The summed E-state index contributed by atoms with van der Waals surface area (Å²) in [6.45, 7) is 4.09. The summed E-state index contributed by atoms with van der Waals surface area (Å²) < 4.78 is 25.4. The van der Waals surface area contributed by atoms with Crippen LogP contribution < -0.4 is 5.73 Å². The summed E-state index contributed by atoms with van der Waals surface area (Å²) >= 11 is 0. The number of sulfone groups is 1. The van der Waals surface area contributed by atoms with Crippen molar-refractivity contribution in [2.75, 3.05) is 6.26 Å². The molecule has 2 amide bonds. The smallest absolute Gasteiger partial charge is 0.267 e. The second-order valence-corrected chi connectivity index (χ2v) is 11.1. The lowest BCUT2D eigenvalue weighted by atomic mass is 10.0. The number of primary amides is 1. The minimum Gasteiger partial charge on any atom is -0.364 e. The van der Waals surface area contributed by atoms with Crippen molar-refractivity contribution >= 4 is 21.7 Å². The maximum absolute atomic E-state index is 13.2. The SMILES string of the molecule is Cc1nc(-c2cc(-c3cc4c(c(S(C)(=O)=O)c3)C(=O)N(C(C)C3CC3)C4)ccn2)[nH]c1C(N)=O. The van der Waals surface area contributed by atoms with E-state index in [1.807, 2.05) is 13.0 Å². The van der Waals surface area contributed by atoms with Crippen LogP contribution in [0.5, 0.6) is 0 Å². The number of carbonyl (C=O) groups is 2. The van der Waals surface area contributed by atoms with Gasteiger partial charge in [-0.1, -0.05) is 0 Å². The molecule has 1 unspecified atom stereocenters. The van der Waals surface area contributed by atoms with Gasteiger partial charge in [-0.15, -0.1) is 0 Å². The van der Waals surface area contributed by atoms with Crippen molar-refractivity contribution in [2.45, 2.75) is 44.2 Å². The predicted octanol–water partition coefficient (Wildman–Crippen LogP) is 2.70. The van der Waals surface area contributed by atoms with Gasteiger partial charge in [0.15, 0.2) is 15.7 Å². The van der Waals surface area contributed by atoms with Crippen molar-refractivity contribution in [1.82, 2.24) is 19.9 Å². The number of nitrogens with one attached hydrogen (secondary N) is 1. The molecular weight excluding hydrogens is 454 g/mol. The minimum atomic E-state index is -3.65. The van der Waals surface area contributed by atoms with Crippen LogP contribution >= 0.6 is 0 Å². The maximum atomic E-state index is 13.2. The van der Waals surface area contributed by atoms with Crippen LogP contribution in [0.15, 0.2) is 35.4 Å². The van der Waals surface area contributed by atoms with E-state index in [4.69, 9.17) is 5.73 Å². The number of aromatic amines is 1. The molecule has 0 bridgehead atoms. The highest BCUT2D eigenvalue weighted by Gasteiger charge is 2.40. The molecule has 3 heterocycles. The molecule has 5 rings (SSSR count). The molecule has 1 aliphatic carbocycles. The van der Waals surface area contributed by atoms with Crippen LogP contribution in [0, 0.1) is 12.8 Å². The van der Waals surface area contributed by atoms with Crippen LogP contribution in [0.1, 0.15) is 51.9 Å². The summed E-state index contributed by atoms with van der Waals surface area (Å²) in [5.74, 6) is 0.0294. The number of imidazole rings is 1. The minimum absolute atomic E-state index is 0.0405. The monoisotopic (exact) mass is 479 g/mol.